The molecular formula is C25H38N8O4S. The van der Waals surface area contributed by atoms with Gasteiger partial charge in [0.1, 0.15) is 6.10 Å². The van der Waals surface area contributed by atoms with E-state index in [1.807, 2.05) is 19.1 Å². The molecule has 1 fully saturated rings. The minimum Gasteiger partial charge on any atom is -0.465 e. The van der Waals surface area contributed by atoms with Crippen molar-refractivity contribution < 1.29 is 20.1 Å². The summed E-state index contributed by atoms with van der Waals surface area (Å²) in [5, 5.41) is 41.3. The van der Waals surface area contributed by atoms with Crippen LogP contribution in [0.4, 0.5) is 10.6 Å². The lowest BCUT2D eigenvalue weighted by Gasteiger charge is -2.16. The molecule has 3 aromatic heterocycles. The molecule has 0 spiro atoms. The number of nitrogens with one attached hydrogen (secondary N) is 1. The van der Waals surface area contributed by atoms with E-state index in [4.69, 9.17) is 5.11 Å². The van der Waals surface area contributed by atoms with E-state index in [9.17, 15) is 15.0 Å². The molecule has 0 aliphatic heterocycles. The van der Waals surface area contributed by atoms with Crippen LogP contribution in [0, 0.1) is 0 Å². The van der Waals surface area contributed by atoms with Crippen LogP contribution in [0.15, 0.2) is 29.7 Å². The van der Waals surface area contributed by atoms with Gasteiger partial charge in [-0.1, -0.05) is 37.2 Å². The summed E-state index contributed by atoms with van der Waals surface area (Å²) in [5.41, 5.74) is 2.19. The van der Waals surface area contributed by atoms with Gasteiger partial charge in [-0.15, -0.1) is 5.10 Å². The van der Waals surface area contributed by atoms with Crippen molar-refractivity contribution in [1.29, 1.82) is 0 Å². The third-order valence-corrected chi connectivity index (χ3v) is 7.25. The number of hydrogen-bond acceptors (Lipinski definition) is 10. The number of nitrogens with zero attached hydrogens (tertiary/aromatic N) is 7. The molecule has 0 bridgehead atoms. The lowest BCUT2D eigenvalue weighted by molar-refractivity contribution is 0.0215. The highest BCUT2D eigenvalue weighted by atomic mass is 32.2. The summed E-state index contributed by atoms with van der Waals surface area (Å²) in [6, 6.07) is 3.32. The molecule has 38 heavy (non-hydrogen) atoms. The molecule has 1 aliphatic rings. The maximum absolute atomic E-state index is 10.6. The van der Waals surface area contributed by atoms with E-state index in [0.29, 0.717) is 48.1 Å². The summed E-state index contributed by atoms with van der Waals surface area (Å²) >= 11 is 1.60. The Morgan fingerprint density at radius 3 is 2.53 bits per heavy atom. The Labute approximate surface area is 226 Å². The normalized spacial score (nSPS) is 18.7. The summed E-state index contributed by atoms with van der Waals surface area (Å²) < 4.78 is 1.65. The molecule has 4 N–H and O–H groups in total. The predicted molar refractivity (Wildman–Crippen MR) is 146 cm³/mol. The van der Waals surface area contributed by atoms with Gasteiger partial charge in [0.25, 0.3) is 0 Å². The van der Waals surface area contributed by atoms with E-state index in [1.54, 1.807) is 28.8 Å². The zero-order valence-corrected chi connectivity index (χ0v) is 23.0. The number of carbonyl (C=O) groups is 1. The van der Waals surface area contributed by atoms with Gasteiger partial charge < -0.3 is 25.5 Å². The van der Waals surface area contributed by atoms with E-state index in [1.165, 1.54) is 4.90 Å². The minimum absolute atomic E-state index is 0.303. The first kappa shape index (κ1) is 29.5. The number of aliphatic hydroxyl groups is 2. The molecule has 0 radical (unpaired) electrons. The zero-order chi connectivity index (χ0) is 27.5. The van der Waals surface area contributed by atoms with E-state index in [0.717, 1.165) is 37.1 Å². The minimum atomic E-state index is -0.890. The quantitative estimate of drug-likeness (QED) is 0.158. The Bertz CT molecular complexity index is 1150. The maximum Gasteiger partial charge on any atom is 0.407 e. The number of thioether (sulfide) groups is 1. The molecule has 13 heteroatoms. The fourth-order valence-electron chi connectivity index (χ4n) is 4.03. The van der Waals surface area contributed by atoms with Gasteiger partial charge in [0.05, 0.1) is 12.1 Å². The number of pyridine rings is 1. The van der Waals surface area contributed by atoms with Crippen LogP contribution in [-0.4, -0.2) is 87.3 Å². The monoisotopic (exact) mass is 546 g/mol. The van der Waals surface area contributed by atoms with Crippen molar-refractivity contribution in [1.82, 2.24) is 34.8 Å². The summed E-state index contributed by atoms with van der Waals surface area (Å²) in [7, 11) is 0. The molecule has 4 rings (SSSR count). The second-order valence-electron chi connectivity index (χ2n) is 9.04. The average molecular weight is 547 g/mol. The number of anilines is 1. The van der Waals surface area contributed by atoms with Gasteiger partial charge >= 0.3 is 6.09 Å². The van der Waals surface area contributed by atoms with E-state index in [-0.39, 0.29) is 6.04 Å². The third-order valence-electron chi connectivity index (χ3n) is 6.20. The lowest BCUT2D eigenvalue weighted by atomic mass is 10.2. The van der Waals surface area contributed by atoms with E-state index in [2.05, 4.69) is 44.4 Å². The van der Waals surface area contributed by atoms with Crippen LogP contribution in [0.1, 0.15) is 64.5 Å². The number of carboxylic acid groups (broad SMARTS) is 1. The van der Waals surface area contributed by atoms with Crippen LogP contribution in [0.5, 0.6) is 0 Å². The average Bonchev–Trinajstić information content (AvgIpc) is 3.49. The summed E-state index contributed by atoms with van der Waals surface area (Å²) in [4.78, 5) is 25.1. The van der Waals surface area contributed by atoms with Crippen LogP contribution in [-0.2, 0) is 6.54 Å². The Kier molecular flexibility index (Phi) is 11.5. The van der Waals surface area contributed by atoms with Crippen LogP contribution >= 0.6 is 11.8 Å². The van der Waals surface area contributed by atoms with Gasteiger partial charge in [-0.3, -0.25) is 4.98 Å². The van der Waals surface area contributed by atoms with Crippen molar-refractivity contribution in [2.24, 2.45) is 0 Å². The molecule has 208 valence electrons. The van der Waals surface area contributed by atoms with Crippen molar-refractivity contribution in [2.45, 2.75) is 82.8 Å². The zero-order valence-electron chi connectivity index (χ0n) is 22.2. The van der Waals surface area contributed by atoms with E-state index < -0.39 is 18.3 Å². The van der Waals surface area contributed by atoms with Crippen LogP contribution < -0.4 is 5.32 Å². The summed E-state index contributed by atoms with van der Waals surface area (Å²) in [5.74, 6) is 1.63. The van der Waals surface area contributed by atoms with Crippen molar-refractivity contribution in [2.75, 3.05) is 24.2 Å². The first-order valence-electron chi connectivity index (χ1n) is 13.1. The molecular weight excluding hydrogens is 508 g/mol. The molecule has 0 saturated heterocycles. The molecule has 3 atom stereocenters. The van der Waals surface area contributed by atoms with Crippen LogP contribution in [0.2, 0.25) is 0 Å². The van der Waals surface area contributed by atoms with Gasteiger partial charge in [0, 0.05) is 37.8 Å². The molecule has 1 amide bonds. The third kappa shape index (κ3) is 7.74. The molecule has 3 aromatic rings. The second kappa shape index (κ2) is 14.8. The van der Waals surface area contributed by atoms with Crippen LogP contribution in [0.3, 0.4) is 0 Å². The largest absolute Gasteiger partial charge is 0.465 e. The smallest absolute Gasteiger partial charge is 0.407 e. The number of aliphatic hydroxyl groups excluding tert-OH is 2. The number of unbranched alkanes of at least 4 members (excludes halogenated alkanes) is 1. The summed E-state index contributed by atoms with van der Waals surface area (Å²) in [6.45, 7) is 7.82. The van der Waals surface area contributed by atoms with Gasteiger partial charge in [-0.2, -0.15) is 0 Å². The van der Waals surface area contributed by atoms with Crippen LogP contribution in [0.25, 0.3) is 11.2 Å². The van der Waals surface area contributed by atoms with E-state index >= 15 is 0 Å². The van der Waals surface area contributed by atoms with Gasteiger partial charge in [0.15, 0.2) is 22.1 Å². The predicted octanol–water partition coefficient (Wildman–Crippen LogP) is 3.57. The van der Waals surface area contributed by atoms with Gasteiger partial charge in [-0.05, 0) is 50.3 Å². The molecule has 0 unspecified atom stereocenters. The lowest BCUT2D eigenvalue weighted by Crippen LogP contribution is -2.28. The number of rotatable bonds is 11. The fraction of sp³-hybridized carbons (Fsp3) is 0.600. The summed E-state index contributed by atoms with van der Waals surface area (Å²) in [6.07, 6.45) is 5.25. The topological polar surface area (TPSA) is 162 Å². The SMILES string of the molecule is CCCCNc1nc(SCCC)nc2c1nnn2[C@@H]1CC[C@@H](O)[C@H]1O.CCN(Cc1ccncc1)C(=O)O. The first-order chi connectivity index (χ1) is 18.4. The Morgan fingerprint density at radius 1 is 1.16 bits per heavy atom. The molecule has 0 aromatic carbocycles. The molecule has 3 heterocycles. The second-order valence-corrected chi connectivity index (χ2v) is 10.1. The fourth-order valence-corrected chi connectivity index (χ4v) is 4.72. The van der Waals surface area contributed by atoms with Crippen molar-refractivity contribution >= 4 is 34.8 Å². The maximum atomic E-state index is 10.6. The molecule has 12 nitrogen and oxygen atoms in total. The van der Waals surface area contributed by atoms with Gasteiger partial charge in [0.2, 0.25) is 0 Å². The van der Waals surface area contributed by atoms with Crippen molar-refractivity contribution in [3.8, 4) is 0 Å². The van der Waals surface area contributed by atoms with Crippen molar-refractivity contribution in [3.63, 3.8) is 0 Å². The van der Waals surface area contributed by atoms with Gasteiger partial charge in [-0.25, -0.2) is 19.4 Å². The number of amides is 1. The Balaban J connectivity index is 0.000000260. The molecule has 1 saturated carbocycles. The molecule has 1 aliphatic carbocycles. The standard InChI is InChI=1S/C16H26N6O2S.C9H12N2O2/c1-3-5-8-17-14-12-15(19-16(18-14)25-9-4-2)22(21-20-12)10-6-7-11(23)13(10)24;1-2-11(9(12)13)7-8-3-5-10-6-4-8/h10-11,13,23-24H,3-9H2,1-2H3,(H,17,18,19);3-6H,2,7H2,1H3,(H,12,13)/t10-,11-,13+;/m1./s1. The Hall–Kier alpha value is -3.03. The number of fused-ring (bicyclic) bond motifs is 1. The van der Waals surface area contributed by atoms with Crippen molar-refractivity contribution in [3.05, 3.63) is 30.1 Å². The highest BCUT2D eigenvalue weighted by Gasteiger charge is 2.37. The Morgan fingerprint density at radius 2 is 1.92 bits per heavy atom. The highest BCUT2D eigenvalue weighted by Crippen LogP contribution is 2.33. The number of aromatic nitrogens is 6. The first-order valence-corrected chi connectivity index (χ1v) is 14.1. The number of hydrogen-bond donors (Lipinski definition) is 4. The highest BCUT2D eigenvalue weighted by molar-refractivity contribution is 7.99.